The second-order valence-corrected chi connectivity index (χ2v) is 6.13. The van der Waals surface area contributed by atoms with Crippen LogP contribution in [0.5, 0.6) is 0 Å². The molecule has 1 aliphatic carbocycles. The van der Waals surface area contributed by atoms with E-state index in [2.05, 4.69) is 30.8 Å². The van der Waals surface area contributed by atoms with Crippen LogP contribution in [0, 0.1) is 5.92 Å². The summed E-state index contributed by atoms with van der Waals surface area (Å²) >= 11 is 0. The maximum atomic E-state index is 12.0. The van der Waals surface area contributed by atoms with E-state index in [1.165, 1.54) is 37.7 Å². The fourth-order valence-electron chi connectivity index (χ4n) is 3.50. The molecule has 1 heterocycles. The summed E-state index contributed by atoms with van der Waals surface area (Å²) in [6, 6.07) is 8.68. The van der Waals surface area contributed by atoms with Crippen LogP contribution in [-0.4, -0.2) is 12.5 Å². The van der Waals surface area contributed by atoms with Gasteiger partial charge in [0.1, 0.15) is 0 Å². The minimum Gasteiger partial charge on any atom is -0.312 e. The second-order valence-electron chi connectivity index (χ2n) is 6.13. The number of rotatable bonds is 3. The summed E-state index contributed by atoms with van der Waals surface area (Å²) < 4.78 is 0. The highest BCUT2D eigenvalue weighted by atomic mass is 16.2. The summed E-state index contributed by atoms with van der Waals surface area (Å²) in [5, 5.41) is 0. The van der Waals surface area contributed by atoms with Crippen LogP contribution in [0.1, 0.15) is 50.0 Å². The van der Waals surface area contributed by atoms with E-state index in [4.69, 9.17) is 0 Å². The zero-order valence-corrected chi connectivity index (χ0v) is 12.1. The number of benzene rings is 1. The standard InChI is InChI=1S/C18H23NO/c1-2-14-12-18(20)19(13-14)17-10-8-16(9-11-17)15-6-4-3-5-7-15/h2,8-11,14-15H,1,3-7,12-13H2. The summed E-state index contributed by atoms with van der Waals surface area (Å²) in [7, 11) is 0. The van der Waals surface area contributed by atoms with Gasteiger partial charge in [0.15, 0.2) is 0 Å². The van der Waals surface area contributed by atoms with E-state index in [1.54, 1.807) is 0 Å². The van der Waals surface area contributed by atoms with Crippen molar-refractivity contribution in [1.29, 1.82) is 0 Å². The molecule has 0 radical (unpaired) electrons. The molecule has 0 spiro atoms. The van der Waals surface area contributed by atoms with Gasteiger partial charge < -0.3 is 4.90 Å². The first-order valence-corrected chi connectivity index (χ1v) is 7.81. The highest BCUT2D eigenvalue weighted by molar-refractivity contribution is 5.95. The Hall–Kier alpha value is -1.57. The van der Waals surface area contributed by atoms with E-state index in [-0.39, 0.29) is 5.91 Å². The Kier molecular flexibility index (Phi) is 3.90. The topological polar surface area (TPSA) is 20.3 Å². The van der Waals surface area contributed by atoms with Crippen LogP contribution in [0.2, 0.25) is 0 Å². The fourth-order valence-corrected chi connectivity index (χ4v) is 3.50. The molecule has 2 heteroatoms. The molecule has 1 unspecified atom stereocenters. The molecule has 106 valence electrons. The third-order valence-electron chi connectivity index (χ3n) is 4.77. The molecule has 2 aliphatic rings. The van der Waals surface area contributed by atoms with Gasteiger partial charge in [-0.1, -0.05) is 37.5 Å². The number of amides is 1. The largest absolute Gasteiger partial charge is 0.312 e. The van der Waals surface area contributed by atoms with Crippen molar-refractivity contribution in [3.63, 3.8) is 0 Å². The third-order valence-corrected chi connectivity index (χ3v) is 4.77. The molecule has 1 saturated carbocycles. The Balaban J connectivity index is 1.72. The number of hydrogen-bond donors (Lipinski definition) is 0. The van der Waals surface area contributed by atoms with E-state index < -0.39 is 0 Å². The van der Waals surface area contributed by atoms with Crippen LogP contribution in [0.3, 0.4) is 0 Å². The van der Waals surface area contributed by atoms with Gasteiger partial charge in [0.2, 0.25) is 5.91 Å². The van der Waals surface area contributed by atoms with E-state index in [9.17, 15) is 4.79 Å². The van der Waals surface area contributed by atoms with Gasteiger partial charge >= 0.3 is 0 Å². The van der Waals surface area contributed by atoms with Crippen molar-refractivity contribution < 1.29 is 4.79 Å². The molecule has 2 fully saturated rings. The zero-order valence-electron chi connectivity index (χ0n) is 12.1. The van der Waals surface area contributed by atoms with Gasteiger partial charge in [0, 0.05) is 24.6 Å². The van der Waals surface area contributed by atoms with Crippen LogP contribution in [-0.2, 0) is 4.79 Å². The Morgan fingerprint density at radius 3 is 2.40 bits per heavy atom. The van der Waals surface area contributed by atoms with Crippen molar-refractivity contribution >= 4 is 11.6 Å². The summed E-state index contributed by atoms with van der Waals surface area (Å²) in [4.78, 5) is 13.9. The van der Waals surface area contributed by atoms with E-state index in [1.807, 2.05) is 11.0 Å². The average Bonchev–Trinajstić information content (AvgIpc) is 2.89. The van der Waals surface area contributed by atoms with E-state index in [0.29, 0.717) is 12.3 Å². The van der Waals surface area contributed by atoms with Crippen molar-refractivity contribution in [2.24, 2.45) is 5.92 Å². The molecule has 1 saturated heterocycles. The quantitative estimate of drug-likeness (QED) is 0.750. The lowest BCUT2D eigenvalue weighted by atomic mass is 9.84. The molecule has 1 atom stereocenters. The molecule has 0 aromatic heterocycles. The van der Waals surface area contributed by atoms with Gasteiger partial charge in [-0.05, 0) is 36.5 Å². The molecule has 0 N–H and O–H groups in total. The maximum absolute atomic E-state index is 12.0. The average molecular weight is 269 g/mol. The van der Waals surface area contributed by atoms with Crippen LogP contribution in [0.15, 0.2) is 36.9 Å². The lowest BCUT2D eigenvalue weighted by molar-refractivity contribution is -0.117. The Labute approximate surface area is 121 Å². The molecule has 0 bridgehead atoms. The molecule has 2 nitrogen and oxygen atoms in total. The second kappa shape index (κ2) is 5.82. The predicted octanol–water partition coefficient (Wildman–Crippen LogP) is 4.27. The van der Waals surface area contributed by atoms with Gasteiger partial charge in [-0.25, -0.2) is 0 Å². The van der Waals surface area contributed by atoms with Gasteiger partial charge in [-0.2, -0.15) is 0 Å². The van der Waals surface area contributed by atoms with Gasteiger partial charge in [-0.15, -0.1) is 6.58 Å². The lowest BCUT2D eigenvalue weighted by Crippen LogP contribution is -2.24. The molecule has 20 heavy (non-hydrogen) atoms. The normalized spacial score (nSPS) is 24.1. The third kappa shape index (κ3) is 2.65. The number of carbonyl (C=O) groups is 1. The number of nitrogens with zero attached hydrogens (tertiary/aromatic N) is 1. The first kappa shape index (κ1) is 13.4. The van der Waals surface area contributed by atoms with E-state index in [0.717, 1.165) is 18.2 Å². The first-order valence-electron chi connectivity index (χ1n) is 7.81. The van der Waals surface area contributed by atoms with Crippen molar-refractivity contribution in [3.05, 3.63) is 42.5 Å². The highest BCUT2D eigenvalue weighted by Gasteiger charge is 2.28. The van der Waals surface area contributed by atoms with E-state index >= 15 is 0 Å². The number of anilines is 1. The molecular weight excluding hydrogens is 246 g/mol. The first-order chi connectivity index (χ1) is 9.78. The molecule has 1 aromatic carbocycles. The number of carbonyl (C=O) groups excluding carboxylic acids is 1. The van der Waals surface area contributed by atoms with Crippen molar-refractivity contribution in [3.8, 4) is 0 Å². The van der Waals surface area contributed by atoms with Crippen LogP contribution in [0.4, 0.5) is 5.69 Å². The smallest absolute Gasteiger partial charge is 0.227 e. The predicted molar refractivity (Wildman–Crippen MR) is 82.9 cm³/mol. The monoisotopic (exact) mass is 269 g/mol. The summed E-state index contributed by atoms with van der Waals surface area (Å²) in [5.41, 5.74) is 2.49. The Morgan fingerprint density at radius 2 is 1.80 bits per heavy atom. The molecule has 1 aromatic rings. The summed E-state index contributed by atoms with van der Waals surface area (Å²) in [5.74, 6) is 1.26. The lowest BCUT2D eigenvalue weighted by Gasteiger charge is -2.23. The minimum atomic E-state index is 0.223. The number of hydrogen-bond acceptors (Lipinski definition) is 1. The molecule has 1 aliphatic heterocycles. The summed E-state index contributed by atoms with van der Waals surface area (Å²) in [6.45, 7) is 4.58. The Bertz CT molecular complexity index is 485. The van der Waals surface area contributed by atoms with Crippen LogP contribution in [0.25, 0.3) is 0 Å². The fraction of sp³-hybridized carbons (Fsp3) is 0.500. The highest BCUT2D eigenvalue weighted by Crippen LogP contribution is 2.34. The SMILES string of the molecule is C=CC1CC(=O)N(c2ccc(C3CCCCC3)cc2)C1. The van der Waals surface area contributed by atoms with Gasteiger partial charge in [0.05, 0.1) is 0 Å². The molecule has 3 rings (SSSR count). The van der Waals surface area contributed by atoms with Crippen LogP contribution < -0.4 is 4.90 Å². The van der Waals surface area contributed by atoms with Crippen molar-refractivity contribution in [2.45, 2.75) is 44.4 Å². The van der Waals surface area contributed by atoms with Gasteiger partial charge in [-0.3, -0.25) is 4.79 Å². The van der Waals surface area contributed by atoms with Crippen molar-refractivity contribution in [1.82, 2.24) is 0 Å². The van der Waals surface area contributed by atoms with Crippen LogP contribution >= 0.6 is 0 Å². The van der Waals surface area contributed by atoms with Crippen molar-refractivity contribution in [2.75, 3.05) is 11.4 Å². The maximum Gasteiger partial charge on any atom is 0.227 e. The van der Waals surface area contributed by atoms with Gasteiger partial charge in [0.25, 0.3) is 0 Å². The Morgan fingerprint density at radius 1 is 1.10 bits per heavy atom. The molecular formula is C18H23NO. The summed E-state index contributed by atoms with van der Waals surface area (Å²) in [6.07, 6.45) is 9.25. The molecule has 1 amide bonds. The minimum absolute atomic E-state index is 0.223. The zero-order chi connectivity index (χ0) is 13.9.